The third kappa shape index (κ3) is 4.06. The summed E-state index contributed by atoms with van der Waals surface area (Å²) in [6.45, 7) is 4.16. The Morgan fingerprint density at radius 3 is 2.35 bits per heavy atom. The molecular weight excluding hydrogens is 331 g/mol. The van der Waals surface area contributed by atoms with Crippen LogP contribution in [0.3, 0.4) is 0 Å². The number of hydrogen-bond donors (Lipinski definition) is 1. The summed E-state index contributed by atoms with van der Waals surface area (Å²) in [4.78, 5) is 25.2. The van der Waals surface area contributed by atoms with Gasteiger partial charge in [0.2, 0.25) is 0 Å². The predicted molar refractivity (Wildman–Crippen MR) is 100 cm³/mol. The zero-order valence-electron chi connectivity index (χ0n) is 14.6. The highest BCUT2D eigenvalue weighted by molar-refractivity contribution is 6.04. The maximum Gasteiger partial charge on any atom is 0.263 e. The standard InChI is InChI=1S/C21H19FN2O2/c1-14-10-15(2)12-18(11-14)23-20(25)19-4-3-9-24(21(19)26)13-16-5-7-17(22)8-6-16/h3-12H,13H2,1-2H3,(H,23,25). The zero-order chi connectivity index (χ0) is 18.7. The van der Waals surface area contributed by atoms with Crippen molar-refractivity contribution < 1.29 is 9.18 Å². The molecule has 0 aliphatic heterocycles. The molecule has 132 valence electrons. The number of aryl methyl sites for hydroxylation is 2. The van der Waals surface area contributed by atoms with E-state index in [1.165, 1.54) is 22.8 Å². The van der Waals surface area contributed by atoms with E-state index >= 15 is 0 Å². The quantitative estimate of drug-likeness (QED) is 0.776. The van der Waals surface area contributed by atoms with E-state index in [1.807, 2.05) is 32.0 Å². The highest BCUT2D eigenvalue weighted by atomic mass is 19.1. The van der Waals surface area contributed by atoms with Crippen molar-refractivity contribution in [1.82, 2.24) is 4.57 Å². The Morgan fingerprint density at radius 2 is 1.69 bits per heavy atom. The van der Waals surface area contributed by atoms with Crippen LogP contribution >= 0.6 is 0 Å². The first-order valence-electron chi connectivity index (χ1n) is 8.26. The Labute approximate surface area is 150 Å². The second-order valence-electron chi connectivity index (χ2n) is 6.31. The van der Waals surface area contributed by atoms with Crippen molar-refractivity contribution in [2.24, 2.45) is 0 Å². The van der Waals surface area contributed by atoms with Crippen LogP contribution in [0.4, 0.5) is 10.1 Å². The molecule has 0 spiro atoms. The van der Waals surface area contributed by atoms with Crippen LogP contribution in [0.2, 0.25) is 0 Å². The molecule has 1 N–H and O–H groups in total. The smallest absolute Gasteiger partial charge is 0.263 e. The van der Waals surface area contributed by atoms with Gasteiger partial charge < -0.3 is 9.88 Å². The summed E-state index contributed by atoms with van der Waals surface area (Å²) in [6, 6.07) is 14.8. The Kier molecular flexibility index (Phi) is 4.98. The van der Waals surface area contributed by atoms with Crippen molar-refractivity contribution in [3.8, 4) is 0 Å². The summed E-state index contributed by atoms with van der Waals surface area (Å²) < 4.78 is 14.5. The number of carbonyl (C=O) groups excluding carboxylic acids is 1. The third-order valence-electron chi connectivity index (χ3n) is 4.01. The third-order valence-corrected chi connectivity index (χ3v) is 4.01. The number of pyridine rings is 1. The van der Waals surface area contributed by atoms with Crippen molar-refractivity contribution in [2.45, 2.75) is 20.4 Å². The first-order chi connectivity index (χ1) is 12.4. The summed E-state index contributed by atoms with van der Waals surface area (Å²) in [6.07, 6.45) is 1.61. The molecule has 0 saturated heterocycles. The number of rotatable bonds is 4. The fourth-order valence-corrected chi connectivity index (χ4v) is 2.87. The molecule has 0 aliphatic carbocycles. The first kappa shape index (κ1) is 17.6. The molecule has 26 heavy (non-hydrogen) atoms. The molecule has 3 rings (SSSR count). The molecule has 0 fully saturated rings. The molecule has 4 nitrogen and oxygen atoms in total. The first-order valence-corrected chi connectivity index (χ1v) is 8.26. The van der Waals surface area contributed by atoms with Crippen LogP contribution in [-0.2, 0) is 6.54 Å². The minimum Gasteiger partial charge on any atom is -0.322 e. The largest absolute Gasteiger partial charge is 0.322 e. The maximum absolute atomic E-state index is 13.0. The van der Waals surface area contributed by atoms with Gasteiger partial charge in [0.25, 0.3) is 11.5 Å². The highest BCUT2D eigenvalue weighted by Gasteiger charge is 2.13. The Balaban J connectivity index is 1.85. The van der Waals surface area contributed by atoms with Crippen LogP contribution < -0.4 is 10.9 Å². The van der Waals surface area contributed by atoms with Gasteiger partial charge in [-0.25, -0.2) is 4.39 Å². The fraction of sp³-hybridized carbons (Fsp3) is 0.143. The van der Waals surface area contributed by atoms with Gasteiger partial charge >= 0.3 is 0 Å². The van der Waals surface area contributed by atoms with Gasteiger partial charge in [-0.1, -0.05) is 18.2 Å². The topological polar surface area (TPSA) is 51.1 Å². The van der Waals surface area contributed by atoms with Gasteiger partial charge in [0.1, 0.15) is 11.4 Å². The van der Waals surface area contributed by atoms with Crippen LogP contribution in [0.1, 0.15) is 27.0 Å². The van der Waals surface area contributed by atoms with Crippen LogP contribution in [0, 0.1) is 19.7 Å². The van der Waals surface area contributed by atoms with Crippen LogP contribution in [0.25, 0.3) is 0 Å². The van der Waals surface area contributed by atoms with E-state index in [2.05, 4.69) is 5.32 Å². The predicted octanol–water partition coefficient (Wildman–Crippen LogP) is 3.90. The van der Waals surface area contributed by atoms with E-state index in [0.717, 1.165) is 16.7 Å². The molecule has 0 atom stereocenters. The summed E-state index contributed by atoms with van der Waals surface area (Å²) in [7, 11) is 0. The lowest BCUT2D eigenvalue weighted by Gasteiger charge is -2.10. The lowest BCUT2D eigenvalue weighted by atomic mass is 10.1. The molecular formula is C21H19FN2O2. The summed E-state index contributed by atoms with van der Waals surface area (Å²) >= 11 is 0. The lowest BCUT2D eigenvalue weighted by molar-refractivity contribution is 0.102. The van der Waals surface area contributed by atoms with Crippen LogP contribution in [0.5, 0.6) is 0 Å². The van der Waals surface area contributed by atoms with Crippen molar-refractivity contribution in [2.75, 3.05) is 5.32 Å². The summed E-state index contributed by atoms with van der Waals surface area (Å²) in [5.41, 5.74) is 3.16. The molecule has 0 radical (unpaired) electrons. The van der Waals surface area contributed by atoms with E-state index in [9.17, 15) is 14.0 Å². The average molecular weight is 350 g/mol. The number of hydrogen-bond acceptors (Lipinski definition) is 2. The number of benzene rings is 2. The van der Waals surface area contributed by atoms with E-state index in [1.54, 1.807) is 24.4 Å². The minimum absolute atomic E-state index is 0.0637. The molecule has 0 bridgehead atoms. The van der Waals surface area contributed by atoms with Crippen molar-refractivity contribution >= 4 is 11.6 Å². The Hall–Kier alpha value is -3.21. The number of halogens is 1. The van der Waals surface area contributed by atoms with Crippen molar-refractivity contribution in [3.05, 3.63) is 99.2 Å². The lowest BCUT2D eigenvalue weighted by Crippen LogP contribution is -2.29. The van der Waals surface area contributed by atoms with Gasteiger partial charge in [-0.15, -0.1) is 0 Å². The molecule has 0 aliphatic rings. The van der Waals surface area contributed by atoms with Gasteiger partial charge in [0.05, 0.1) is 6.54 Å². The molecule has 1 aromatic heterocycles. The van der Waals surface area contributed by atoms with E-state index < -0.39 is 11.5 Å². The fourth-order valence-electron chi connectivity index (χ4n) is 2.87. The van der Waals surface area contributed by atoms with Gasteiger partial charge in [0.15, 0.2) is 0 Å². The highest BCUT2D eigenvalue weighted by Crippen LogP contribution is 2.14. The monoisotopic (exact) mass is 350 g/mol. The number of carbonyl (C=O) groups is 1. The molecule has 3 aromatic rings. The van der Waals surface area contributed by atoms with Gasteiger partial charge in [-0.2, -0.15) is 0 Å². The number of amides is 1. The Bertz CT molecular complexity index is 987. The SMILES string of the molecule is Cc1cc(C)cc(NC(=O)c2cccn(Cc3ccc(F)cc3)c2=O)c1. The summed E-state index contributed by atoms with van der Waals surface area (Å²) in [5, 5.41) is 2.78. The normalized spacial score (nSPS) is 10.6. The number of nitrogens with zero attached hydrogens (tertiary/aromatic N) is 1. The molecule has 2 aromatic carbocycles. The average Bonchev–Trinajstić information content (AvgIpc) is 2.57. The van der Waals surface area contributed by atoms with E-state index in [-0.39, 0.29) is 17.9 Å². The maximum atomic E-state index is 13.0. The second kappa shape index (κ2) is 7.35. The minimum atomic E-state index is -0.451. The number of anilines is 1. The molecule has 1 amide bonds. The molecule has 1 heterocycles. The summed E-state index contributed by atoms with van der Waals surface area (Å²) in [5.74, 6) is -0.781. The van der Waals surface area contributed by atoms with Crippen molar-refractivity contribution in [1.29, 1.82) is 0 Å². The van der Waals surface area contributed by atoms with E-state index in [0.29, 0.717) is 5.69 Å². The van der Waals surface area contributed by atoms with Crippen LogP contribution in [0.15, 0.2) is 65.6 Å². The Morgan fingerprint density at radius 1 is 1.04 bits per heavy atom. The number of aromatic nitrogens is 1. The molecule has 0 saturated carbocycles. The van der Waals surface area contributed by atoms with Crippen LogP contribution in [-0.4, -0.2) is 10.5 Å². The van der Waals surface area contributed by atoms with E-state index in [4.69, 9.17) is 0 Å². The molecule has 5 heteroatoms. The zero-order valence-corrected chi connectivity index (χ0v) is 14.6. The van der Waals surface area contributed by atoms with Gasteiger partial charge in [0, 0.05) is 11.9 Å². The van der Waals surface area contributed by atoms with Gasteiger partial charge in [-0.3, -0.25) is 9.59 Å². The van der Waals surface area contributed by atoms with Gasteiger partial charge in [-0.05, 0) is 66.9 Å². The molecule has 0 unspecified atom stereocenters. The number of nitrogens with one attached hydrogen (secondary N) is 1. The van der Waals surface area contributed by atoms with Crippen molar-refractivity contribution in [3.63, 3.8) is 0 Å². The second-order valence-corrected chi connectivity index (χ2v) is 6.31.